The second-order valence-electron chi connectivity index (χ2n) is 7.71. The van der Waals surface area contributed by atoms with E-state index in [2.05, 4.69) is 15.5 Å². The molecule has 1 saturated heterocycles. The molecule has 8 heteroatoms. The molecule has 1 aliphatic rings. The highest BCUT2D eigenvalue weighted by Gasteiger charge is 2.22. The summed E-state index contributed by atoms with van der Waals surface area (Å²) in [4.78, 5) is 38.1. The van der Waals surface area contributed by atoms with Crippen LogP contribution in [0.4, 0.5) is 17.1 Å². The zero-order chi connectivity index (χ0) is 22.2. The van der Waals surface area contributed by atoms with Crippen molar-refractivity contribution in [3.8, 4) is 0 Å². The molecule has 1 unspecified atom stereocenters. The number of carbonyl (C=O) groups excluding carboxylic acids is 2. The smallest absolute Gasteiger partial charge is 0.269 e. The summed E-state index contributed by atoms with van der Waals surface area (Å²) in [5.41, 5.74) is 1.96. The molecule has 1 fully saturated rings. The molecule has 2 aromatic rings. The molecule has 0 spiro atoms. The summed E-state index contributed by atoms with van der Waals surface area (Å²) in [6.45, 7) is 4.05. The van der Waals surface area contributed by atoms with Gasteiger partial charge in [0, 0.05) is 42.2 Å². The lowest BCUT2D eigenvalue weighted by Crippen LogP contribution is -2.43. The van der Waals surface area contributed by atoms with Gasteiger partial charge in [-0.15, -0.1) is 0 Å². The summed E-state index contributed by atoms with van der Waals surface area (Å²) >= 11 is 0. The first kappa shape index (κ1) is 22.3. The standard InChI is InChI=1S/C23H28N4O4/c1-2-3-9-21(25-22(28)17-10-12-19(13-11-17)27(30)31)23(29)24-18-7-6-8-20(16-18)26-14-4-5-15-26/h6-8,10-13,16,21H,2-5,9,14-15H2,1H3,(H,24,29)(H,25,28). The Labute approximate surface area is 181 Å². The van der Waals surface area contributed by atoms with E-state index in [0.29, 0.717) is 12.1 Å². The Bertz CT molecular complexity index is 923. The summed E-state index contributed by atoms with van der Waals surface area (Å²) < 4.78 is 0. The first-order valence-corrected chi connectivity index (χ1v) is 10.7. The summed E-state index contributed by atoms with van der Waals surface area (Å²) in [7, 11) is 0. The van der Waals surface area contributed by atoms with Crippen molar-refractivity contribution in [2.24, 2.45) is 0 Å². The van der Waals surface area contributed by atoms with Crippen molar-refractivity contribution in [1.29, 1.82) is 0 Å². The van der Waals surface area contributed by atoms with E-state index in [4.69, 9.17) is 0 Å². The van der Waals surface area contributed by atoms with Crippen LogP contribution in [0.2, 0.25) is 0 Å². The van der Waals surface area contributed by atoms with Crippen molar-refractivity contribution in [2.75, 3.05) is 23.3 Å². The van der Waals surface area contributed by atoms with Gasteiger partial charge in [-0.05, 0) is 49.6 Å². The number of rotatable bonds is 9. The highest BCUT2D eigenvalue weighted by atomic mass is 16.6. The molecule has 1 atom stereocenters. The van der Waals surface area contributed by atoms with Gasteiger partial charge >= 0.3 is 0 Å². The van der Waals surface area contributed by atoms with Gasteiger partial charge in [-0.1, -0.05) is 25.8 Å². The summed E-state index contributed by atoms with van der Waals surface area (Å²) in [6.07, 6.45) is 4.52. The number of hydrogen-bond acceptors (Lipinski definition) is 5. The Hall–Kier alpha value is -3.42. The van der Waals surface area contributed by atoms with E-state index in [1.807, 2.05) is 31.2 Å². The van der Waals surface area contributed by atoms with Crippen LogP contribution < -0.4 is 15.5 Å². The maximum Gasteiger partial charge on any atom is 0.269 e. The number of carbonyl (C=O) groups is 2. The Morgan fingerprint density at radius 2 is 1.84 bits per heavy atom. The lowest BCUT2D eigenvalue weighted by atomic mass is 10.1. The third-order valence-electron chi connectivity index (χ3n) is 5.39. The third-order valence-corrected chi connectivity index (χ3v) is 5.39. The van der Waals surface area contributed by atoms with Crippen LogP contribution in [0.1, 0.15) is 49.4 Å². The van der Waals surface area contributed by atoms with Crippen LogP contribution >= 0.6 is 0 Å². The number of unbranched alkanes of at least 4 members (excludes halogenated alkanes) is 1. The molecule has 2 N–H and O–H groups in total. The minimum absolute atomic E-state index is 0.0882. The van der Waals surface area contributed by atoms with E-state index in [9.17, 15) is 19.7 Å². The number of benzene rings is 2. The molecule has 0 bridgehead atoms. The topological polar surface area (TPSA) is 105 Å². The first-order chi connectivity index (χ1) is 15.0. The molecule has 164 valence electrons. The zero-order valence-corrected chi connectivity index (χ0v) is 17.7. The molecule has 0 radical (unpaired) electrons. The van der Waals surface area contributed by atoms with Gasteiger partial charge in [-0.2, -0.15) is 0 Å². The highest BCUT2D eigenvalue weighted by Crippen LogP contribution is 2.23. The minimum Gasteiger partial charge on any atom is -0.371 e. The Kier molecular flexibility index (Phi) is 7.59. The van der Waals surface area contributed by atoms with E-state index in [-0.39, 0.29) is 17.2 Å². The number of amides is 2. The molecule has 2 amide bonds. The van der Waals surface area contributed by atoms with Gasteiger partial charge in [-0.3, -0.25) is 19.7 Å². The maximum absolute atomic E-state index is 12.9. The number of nitrogens with zero attached hydrogens (tertiary/aromatic N) is 2. The van der Waals surface area contributed by atoms with Gasteiger partial charge in [0.1, 0.15) is 6.04 Å². The van der Waals surface area contributed by atoms with Gasteiger partial charge in [0.25, 0.3) is 11.6 Å². The molecule has 3 rings (SSSR count). The van der Waals surface area contributed by atoms with E-state index in [1.165, 1.54) is 37.1 Å². The molecule has 31 heavy (non-hydrogen) atoms. The van der Waals surface area contributed by atoms with Crippen molar-refractivity contribution in [3.05, 3.63) is 64.2 Å². The normalized spacial score (nSPS) is 14.2. The number of nitro benzene ring substituents is 1. The van der Waals surface area contributed by atoms with Gasteiger partial charge in [0.05, 0.1) is 4.92 Å². The average Bonchev–Trinajstić information content (AvgIpc) is 3.31. The van der Waals surface area contributed by atoms with Crippen LogP contribution in [-0.2, 0) is 4.79 Å². The van der Waals surface area contributed by atoms with Gasteiger partial charge < -0.3 is 15.5 Å². The molecule has 0 aromatic heterocycles. The third kappa shape index (κ3) is 6.04. The highest BCUT2D eigenvalue weighted by molar-refractivity contribution is 6.01. The average molecular weight is 425 g/mol. The summed E-state index contributed by atoms with van der Waals surface area (Å²) in [5.74, 6) is -0.709. The second kappa shape index (κ2) is 10.6. The number of nitrogens with one attached hydrogen (secondary N) is 2. The predicted octanol–water partition coefficient (Wildman–Crippen LogP) is 4.12. The summed E-state index contributed by atoms with van der Waals surface area (Å²) in [6, 6.07) is 12.4. The van der Waals surface area contributed by atoms with Crippen molar-refractivity contribution < 1.29 is 14.5 Å². The van der Waals surface area contributed by atoms with Crippen molar-refractivity contribution in [3.63, 3.8) is 0 Å². The fourth-order valence-corrected chi connectivity index (χ4v) is 3.64. The van der Waals surface area contributed by atoms with Gasteiger partial charge in [-0.25, -0.2) is 0 Å². The van der Waals surface area contributed by atoms with E-state index in [1.54, 1.807) is 0 Å². The summed E-state index contributed by atoms with van der Waals surface area (Å²) in [5, 5.41) is 16.5. The van der Waals surface area contributed by atoms with Crippen molar-refractivity contribution in [1.82, 2.24) is 5.32 Å². The second-order valence-corrected chi connectivity index (χ2v) is 7.71. The van der Waals surface area contributed by atoms with Crippen molar-refractivity contribution >= 4 is 28.9 Å². The van der Waals surface area contributed by atoms with Crippen LogP contribution in [-0.4, -0.2) is 35.9 Å². The van der Waals surface area contributed by atoms with E-state index < -0.39 is 16.9 Å². The van der Waals surface area contributed by atoms with Crippen LogP contribution in [0.15, 0.2) is 48.5 Å². The van der Waals surface area contributed by atoms with E-state index in [0.717, 1.165) is 31.6 Å². The van der Waals surface area contributed by atoms with Crippen LogP contribution in [0.25, 0.3) is 0 Å². The molecule has 8 nitrogen and oxygen atoms in total. The quantitative estimate of drug-likeness (QED) is 0.465. The fourth-order valence-electron chi connectivity index (χ4n) is 3.64. The molecular formula is C23H28N4O4. The van der Waals surface area contributed by atoms with E-state index >= 15 is 0 Å². The van der Waals surface area contributed by atoms with Crippen molar-refractivity contribution in [2.45, 2.75) is 45.1 Å². The Balaban J connectivity index is 1.68. The largest absolute Gasteiger partial charge is 0.371 e. The van der Waals surface area contributed by atoms with Crippen LogP contribution in [0.5, 0.6) is 0 Å². The predicted molar refractivity (Wildman–Crippen MR) is 120 cm³/mol. The first-order valence-electron chi connectivity index (χ1n) is 10.7. The molecule has 0 saturated carbocycles. The molecule has 0 aliphatic carbocycles. The maximum atomic E-state index is 12.9. The Morgan fingerprint density at radius 1 is 1.13 bits per heavy atom. The molecular weight excluding hydrogens is 396 g/mol. The lowest BCUT2D eigenvalue weighted by Gasteiger charge is -2.21. The van der Waals surface area contributed by atoms with Crippen LogP contribution in [0, 0.1) is 10.1 Å². The SMILES string of the molecule is CCCCC(NC(=O)c1ccc([N+](=O)[O-])cc1)C(=O)Nc1cccc(N2CCCC2)c1. The van der Waals surface area contributed by atoms with Crippen LogP contribution in [0.3, 0.4) is 0 Å². The molecule has 1 aliphatic heterocycles. The number of anilines is 2. The van der Waals surface area contributed by atoms with Gasteiger partial charge in [0.2, 0.25) is 5.91 Å². The molecule has 1 heterocycles. The number of non-ortho nitro benzene ring substituents is 1. The minimum atomic E-state index is -0.696. The number of nitro groups is 1. The monoisotopic (exact) mass is 424 g/mol. The molecule has 2 aromatic carbocycles. The lowest BCUT2D eigenvalue weighted by molar-refractivity contribution is -0.384. The fraction of sp³-hybridized carbons (Fsp3) is 0.391. The Morgan fingerprint density at radius 3 is 2.48 bits per heavy atom. The zero-order valence-electron chi connectivity index (χ0n) is 17.7. The number of hydrogen-bond donors (Lipinski definition) is 2. The van der Waals surface area contributed by atoms with Gasteiger partial charge in [0.15, 0.2) is 0 Å².